The number of benzene rings is 2. The second kappa shape index (κ2) is 5.93. The Morgan fingerprint density at radius 3 is 2.36 bits per heavy atom. The van der Waals surface area contributed by atoms with Crippen LogP contribution in [0.5, 0.6) is 5.75 Å². The third-order valence-corrected chi connectivity index (χ3v) is 3.75. The maximum Gasteiger partial charge on any atom is 0.181 e. The molecule has 0 saturated carbocycles. The highest BCUT2D eigenvalue weighted by molar-refractivity contribution is 5.70. The number of hydrogen-bond acceptors (Lipinski definition) is 3. The zero-order chi connectivity index (χ0) is 15.5. The molecule has 0 radical (unpaired) electrons. The maximum atomic E-state index is 5.97. The summed E-state index contributed by atoms with van der Waals surface area (Å²) in [6.45, 7) is 4.19. The highest BCUT2D eigenvalue weighted by Crippen LogP contribution is 2.29. The molecule has 0 bridgehead atoms. The molecule has 0 unspecified atom stereocenters. The SMILES string of the molecule is Cc1nn(COc2ccccc2-c2ccccc2)c(C)c1N. The first-order valence-electron chi connectivity index (χ1n) is 7.23. The number of hydrogen-bond donors (Lipinski definition) is 1. The van der Waals surface area contributed by atoms with Gasteiger partial charge in [0.25, 0.3) is 0 Å². The lowest BCUT2D eigenvalue weighted by atomic mass is 10.1. The summed E-state index contributed by atoms with van der Waals surface area (Å²) < 4.78 is 7.76. The van der Waals surface area contributed by atoms with Crippen molar-refractivity contribution in [1.82, 2.24) is 9.78 Å². The summed E-state index contributed by atoms with van der Waals surface area (Å²) in [7, 11) is 0. The maximum absolute atomic E-state index is 5.97. The minimum absolute atomic E-state index is 0.341. The number of rotatable bonds is 4. The molecule has 1 heterocycles. The van der Waals surface area contributed by atoms with E-state index in [0.717, 1.165) is 34.0 Å². The minimum Gasteiger partial charge on any atom is -0.471 e. The molecular weight excluding hydrogens is 274 g/mol. The van der Waals surface area contributed by atoms with Crippen molar-refractivity contribution in [3.05, 3.63) is 66.0 Å². The highest BCUT2D eigenvalue weighted by Gasteiger charge is 2.10. The second-order valence-corrected chi connectivity index (χ2v) is 5.22. The average Bonchev–Trinajstić information content (AvgIpc) is 2.81. The molecule has 0 saturated heterocycles. The third-order valence-electron chi connectivity index (χ3n) is 3.75. The van der Waals surface area contributed by atoms with Gasteiger partial charge in [-0.05, 0) is 25.5 Å². The topological polar surface area (TPSA) is 53.1 Å². The predicted molar refractivity (Wildman–Crippen MR) is 88.6 cm³/mol. The molecule has 0 atom stereocenters. The number of para-hydroxylation sites is 1. The van der Waals surface area contributed by atoms with Crippen molar-refractivity contribution in [3.8, 4) is 16.9 Å². The Morgan fingerprint density at radius 2 is 1.68 bits per heavy atom. The van der Waals surface area contributed by atoms with Crippen LogP contribution in [0.15, 0.2) is 54.6 Å². The van der Waals surface area contributed by atoms with Gasteiger partial charge in [0, 0.05) is 5.56 Å². The van der Waals surface area contributed by atoms with E-state index in [1.165, 1.54) is 0 Å². The molecule has 0 aliphatic carbocycles. The highest BCUT2D eigenvalue weighted by atomic mass is 16.5. The Hall–Kier alpha value is -2.75. The van der Waals surface area contributed by atoms with E-state index >= 15 is 0 Å². The summed E-state index contributed by atoms with van der Waals surface area (Å²) in [5, 5.41) is 4.39. The van der Waals surface area contributed by atoms with Crippen LogP contribution in [0.3, 0.4) is 0 Å². The molecule has 0 aliphatic heterocycles. The normalized spacial score (nSPS) is 10.6. The lowest BCUT2D eigenvalue weighted by Gasteiger charge is -2.12. The van der Waals surface area contributed by atoms with Gasteiger partial charge in [-0.15, -0.1) is 0 Å². The van der Waals surface area contributed by atoms with Crippen molar-refractivity contribution in [3.63, 3.8) is 0 Å². The van der Waals surface area contributed by atoms with Crippen molar-refractivity contribution in [2.75, 3.05) is 5.73 Å². The molecule has 0 amide bonds. The fraction of sp³-hybridized carbons (Fsp3) is 0.167. The number of nitrogens with zero attached hydrogens (tertiary/aromatic N) is 2. The fourth-order valence-electron chi connectivity index (χ4n) is 2.42. The molecule has 3 rings (SSSR count). The zero-order valence-corrected chi connectivity index (χ0v) is 12.8. The molecule has 3 aromatic rings. The quantitative estimate of drug-likeness (QED) is 0.796. The molecule has 0 aliphatic rings. The molecule has 1 aromatic heterocycles. The molecule has 0 fully saturated rings. The Balaban J connectivity index is 1.86. The number of aromatic nitrogens is 2. The van der Waals surface area contributed by atoms with Gasteiger partial charge < -0.3 is 10.5 Å². The molecule has 4 heteroatoms. The van der Waals surface area contributed by atoms with Gasteiger partial charge in [-0.1, -0.05) is 48.5 Å². The van der Waals surface area contributed by atoms with Gasteiger partial charge in [0.15, 0.2) is 6.73 Å². The smallest absolute Gasteiger partial charge is 0.181 e. The Morgan fingerprint density at radius 1 is 1.00 bits per heavy atom. The summed E-state index contributed by atoms with van der Waals surface area (Å²) in [4.78, 5) is 0. The van der Waals surface area contributed by atoms with Crippen molar-refractivity contribution < 1.29 is 4.74 Å². The second-order valence-electron chi connectivity index (χ2n) is 5.22. The summed E-state index contributed by atoms with van der Waals surface area (Å²) in [6.07, 6.45) is 0. The van der Waals surface area contributed by atoms with Gasteiger partial charge in [-0.3, -0.25) is 0 Å². The minimum atomic E-state index is 0.341. The van der Waals surface area contributed by atoms with E-state index in [1.54, 1.807) is 4.68 Å². The van der Waals surface area contributed by atoms with Crippen LogP contribution in [0, 0.1) is 13.8 Å². The number of nitrogens with two attached hydrogens (primary N) is 1. The molecule has 0 spiro atoms. The van der Waals surface area contributed by atoms with E-state index in [1.807, 2.05) is 50.2 Å². The van der Waals surface area contributed by atoms with E-state index < -0.39 is 0 Å². The van der Waals surface area contributed by atoms with Gasteiger partial charge in [0.05, 0.1) is 17.1 Å². The Bertz CT molecular complexity index is 778. The molecule has 4 nitrogen and oxygen atoms in total. The average molecular weight is 293 g/mol. The van der Waals surface area contributed by atoms with Gasteiger partial charge >= 0.3 is 0 Å². The summed E-state index contributed by atoms with van der Waals surface area (Å²) >= 11 is 0. The summed E-state index contributed by atoms with van der Waals surface area (Å²) in [5.74, 6) is 0.833. The molecule has 112 valence electrons. The van der Waals surface area contributed by atoms with Crippen molar-refractivity contribution in [2.45, 2.75) is 20.6 Å². The van der Waals surface area contributed by atoms with E-state index in [9.17, 15) is 0 Å². The molecule has 2 N–H and O–H groups in total. The van der Waals surface area contributed by atoms with E-state index in [4.69, 9.17) is 10.5 Å². The van der Waals surface area contributed by atoms with Crippen LogP contribution in [0.4, 0.5) is 5.69 Å². The lowest BCUT2D eigenvalue weighted by molar-refractivity contribution is 0.219. The van der Waals surface area contributed by atoms with Crippen LogP contribution >= 0.6 is 0 Å². The van der Waals surface area contributed by atoms with Crippen LogP contribution in [0.1, 0.15) is 11.4 Å². The molecule has 22 heavy (non-hydrogen) atoms. The predicted octanol–water partition coefficient (Wildman–Crippen LogP) is 3.79. The standard InChI is InChI=1S/C18H19N3O/c1-13-18(19)14(2)21(20-13)12-22-17-11-7-6-10-16(17)15-8-4-3-5-9-15/h3-11H,12,19H2,1-2H3. The van der Waals surface area contributed by atoms with E-state index in [0.29, 0.717) is 6.73 Å². The van der Waals surface area contributed by atoms with Crippen LogP contribution in [-0.4, -0.2) is 9.78 Å². The number of nitrogen functional groups attached to an aromatic ring is 1. The largest absolute Gasteiger partial charge is 0.471 e. The van der Waals surface area contributed by atoms with Crippen LogP contribution in [-0.2, 0) is 6.73 Å². The summed E-state index contributed by atoms with van der Waals surface area (Å²) in [5.41, 5.74) is 10.6. The third kappa shape index (κ3) is 2.68. The first-order valence-corrected chi connectivity index (χ1v) is 7.23. The number of anilines is 1. The number of ether oxygens (including phenoxy) is 1. The fourth-order valence-corrected chi connectivity index (χ4v) is 2.42. The van der Waals surface area contributed by atoms with Crippen molar-refractivity contribution in [1.29, 1.82) is 0 Å². The monoisotopic (exact) mass is 293 g/mol. The Kier molecular flexibility index (Phi) is 3.83. The van der Waals surface area contributed by atoms with Crippen LogP contribution < -0.4 is 10.5 Å². The van der Waals surface area contributed by atoms with Crippen molar-refractivity contribution in [2.24, 2.45) is 0 Å². The first-order chi connectivity index (χ1) is 10.7. The van der Waals surface area contributed by atoms with Crippen LogP contribution in [0.2, 0.25) is 0 Å². The lowest BCUT2D eigenvalue weighted by Crippen LogP contribution is -2.09. The van der Waals surface area contributed by atoms with Gasteiger partial charge in [-0.25, -0.2) is 4.68 Å². The van der Waals surface area contributed by atoms with Crippen LogP contribution in [0.25, 0.3) is 11.1 Å². The summed E-state index contributed by atoms with van der Waals surface area (Å²) in [6, 6.07) is 18.2. The van der Waals surface area contributed by atoms with Gasteiger partial charge in [0.1, 0.15) is 5.75 Å². The van der Waals surface area contributed by atoms with Gasteiger partial charge in [-0.2, -0.15) is 5.10 Å². The zero-order valence-electron chi connectivity index (χ0n) is 12.8. The number of aryl methyl sites for hydroxylation is 1. The van der Waals surface area contributed by atoms with E-state index in [-0.39, 0.29) is 0 Å². The first kappa shape index (κ1) is 14.2. The van der Waals surface area contributed by atoms with Gasteiger partial charge in [0.2, 0.25) is 0 Å². The van der Waals surface area contributed by atoms with Crippen molar-refractivity contribution >= 4 is 5.69 Å². The van der Waals surface area contributed by atoms with E-state index in [2.05, 4.69) is 23.3 Å². The Labute approximate surface area is 130 Å². The molecule has 2 aromatic carbocycles. The molecular formula is C18H19N3O.